The molecule has 0 aromatic carbocycles. The van der Waals surface area contributed by atoms with Crippen LogP contribution in [0.15, 0.2) is 0 Å². The van der Waals surface area contributed by atoms with Crippen molar-refractivity contribution in [1.82, 2.24) is 0 Å². The van der Waals surface area contributed by atoms with Crippen molar-refractivity contribution in [3.8, 4) is 0 Å². The number of esters is 1. The second-order valence-electron chi connectivity index (χ2n) is 4.18. The van der Waals surface area contributed by atoms with E-state index in [0.29, 0.717) is 18.9 Å². The highest BCUT2D eigenvalue weighted by atomic mass is 17.1. The summed E-state index contributed by atoms with van der Waals surface area (Å²) in [7, 11) is 0. The molecule has 114 valence electrons. The van der Waals surface area contributed by atoms with Gasteiger partial charge in [-0.2, -0.15) is 5.26 Å². The molecule has 0 saturated heterocycles. The second-order valence-corrected chi connectivity index (χ2v) is 4.18. The molecule has 0 saturated carbocycles. The number of carboxylic acid groups (broad SMARTS) is 1. The number of carbonyl (C=O) groups excluding carboxylic acids is 1. The Hall–Kier alpha value is -1.30. The van der Waals surface area contributed by atoms with Crippen molar-refractivity contribution in [2.45, 2.75) is 59.3 Å². The molecule has 0 amide bonds. The zero-order chi connectivity index (χ0) is 15.1. The molecule has 0 atom stereocenters. The summed E-state index contributed by atoms with van der Waals surface area (Å²) < 4.78 is 5.19. The van der Waals surface area contributed by atoms with Crippen molar-refractivity contribution in [2.75, 3.05) is 6.61 Å². The minimum Gasteiger partial charge on any atom is -0.465 e. The van der Waals surface area contributed by atoms with Gasteiger partial charge in [-0.25, -0.2) is 4.79 Å². The molecule has 0 aliphatic carbocycles. The van der Waals surface area contributed by atoms with Crippen molar-refractivity contribution in [3.05, 3.63) is 0 Å². The van der Waals surface area contributed by atoms with Crippen molar-refractivity contribution >= 4 is 12.1 Å². The van der Waals surface area contributed by atoms with Crippen molar-refractivity contribution in [2.24, 2.45) is 5.92 Å². The largest absolute Gasteiger partial charge is 0.537 e. The molecule has 0 aromatic rings. The van der Waals surface area contributed by atoms with E-state index in [4.69, 9.17) is 19.9 Å². The Morgan fingerprint density at radius 2 is 1.63 bits per heavy atom. The van der Waals surface area contributed by atoms with Crippen molar-refractivity contribution < 1.29 is 29.6 Å². The Kier molecular flexibility index (Phi) is 15.6. The Labute approximate surface area is 114 Å². The highest BCUT2D eigenvalue weighted by Gasteiger charge is 2.07. The second kappa shape index (κ2) is 14.8. The van der Waals surface area contributed by atoms with Gasteiger partial charge in [0.25, 0.3) is 0 Å². The van der Waals surface area contributed by atoms with E-state index in [1.807, 2.05) is 0 Å². The first kappa shape index (κ1) is 20.0. The molecule has 0 aliphatic heterocycles. The van der Waals surface area contributed by atoms with Crippen LogP contribution in [0.1, 0.15) is 59.3 Å². The minimum atomic E-state index is -1.69. The summed E-state index contributed by atoms with van der Waals surface area (Å²) in [5.41, 5.74) is 0. The Morgan fingerprint density at radius 3 is 2.00 bits per heavy atom. The lowest BCUT2D eigenvalue weighted by atomic mass is 10.1. The molecule has 0 aliphatic rings. The number of carbonyl (C=O) groups is 2. The molecule has 0 heterocycles. The summed E-state index contributed by atoms with van der Waals surface area (Å²) in [6, 6.07) is 0. The fraction of sp³-hybridized carbons (Fsp3) is 0.846. The first-order valence-corrected chi connectivity index (χ1v) is 6.71. The summed E-state index contributed by atoms with van der Waals surface area (Å²) >= 11 is 0. The number of unbranched alkanes of at least 4 members (excludes halogenated alkanes) is 2. The van der Waals surface area contributed by atoms with E-state index in [-0.39, 0.29) is 5.97 Å². The van der Waals surface area contributed by atoms with Gasteiger partial charge in [0.1, 0.15) is 0 Å². The van der Waals surface area contributed by atoms with E-state index in [1.165, 1.54) is 0 Å². The quantitative estimate of drug-likeness (QED) is 0.304. The monoisotopic (exact) mass is 278 g/mol. The van der Waals surface area contributed by atoms with E-state index < -0.39 is 6.16 Å². The van der Waals surface area contributed by atoms with Gasteiger partial charge >= 0.3 is 12.1 Å². The van der Waals surface area contributed by atoms with Crippen LogP contribution in [0, 0.1) is 5.92 Å². The van der Waals surface area contributed by atoms with Crippen LogP contribution >= 0.6 is 0 Å². The van der Waals surface area contributed by atoms with E-state index in [1.54, 1.807) is 0 Å². The fourth-order valence-corrected chi connectivity index (χ4v) is 1.33. The maximum Gasteiger partial charge on any atom is 0.537 e. The lowest BCUT2D eigenvalue weighted by Crippen LogP contribution is -2.12. The Morgan fingerprint density at radius 1 is 1.11 bits per heavy atom. The molecular weight excluding hydrogens is 252 g/mol. The predicted molar refractivity (Wildman–Crippen MR) is 70.9 cm³/mol. The first-order chi connectivity index (χ1) is 9.01. The molecule has 0 unspecified atom stereocenters. The molecule has 0 spiro atoms. The van der Waals surface area contributed by atoms with Crippen molar-refractivity contribution in [3.63, 3.8) is 0 Å². The van der Waals surface area contributed by atoms with Crippen LogP contribution in [-0.2, 0) is 14.4 Å². The lowest BCUT2D eigenvalue weighted by Gasteiger charge is -2.12. The maximum atomic E-state index is 11.2. The van der Waals surface area contributed by atoms with Gasteiger partial charge in [-0.05, 0) is 12.3 Å². The average Bonchev–Trinajstić information content (AvgIpc) is 2.41. The molecule has 2 N–H and O–H groups in total. The van der Waals surface area contributed by atoms with E-state index in [0.717, 1.165) is 32.1 Å². The molecular formula is C13H26O6. The van der Waals surface area contributed by atoms with E-state index in [9.17, 15) is 4.79 Å². The first-order valence-electron chi connectivity index (χ1n) is 6.71. The normalized spacial score (nSPS) is 9.53. The number of rotatable bonds is 8. The summed E-state index contributed by atoms with van der Waals surface area (Å²) in [5.74, 6) is 0.524. The van der Waals surface area contributed by atoms with Crippen LogP contribution in [0.3, 0.4) is 0 Å². The zero-order valence-electron chi connectivity index (χ0n) is 12.1. The standard InChI is InChI=1S/C12H24O2.CH2O4/c1-4-7-8-9-12(13)14-10-11(5-2)6-3;2-1(3)5-4/h11H,4-10H2,1-3H3;4H,(H,2,3). The van der Waals surface area contributed by atoms with Crippen LogP contribution in [0.2, 0.25) is 0 Å². The van der Waals surface area contributed by atoms with Crippen LogP contribution in [0.5, 0.6) is 0 Å². The fourth-order valence-electron chi connectivity index (χ4n) is 1.33. The smallest absolute Gasteiger partial charge is 0.465 e. The highest BCUT2D eigenvalue weighted by Crippen LogP contribution is 2.09. The van der Waals surface area contributed by atoms with E-state index in [2.05, 4.69) is 25.7 Å². The van der Waals surface area contributed by atoms with Gasteiger partial charge in [0.2, 0.25) is 0 Å². The summed E-state index contributed by atoms with van der Waals surface area (Å²) in [4.78, 5) is 22.8. The minimum absolute atomic E-state index is 0.0228. The summed E-state index contributed by atoms with van der Waals surface area (Å²) in [6.45, 7) is 7.02. The van der Waals surface area contributed by atoms with Crippen LogP contribution in [0.4, 0.5) is 4.79 Å². The summed E-state index contributed by atoms with van der Waals surface area (Å²) in [6.07, 6.45) is 4.34. The SMILES string of the molecule is CCCCCC(=O)OCC(CC)CC.O=C(O)OO. The third-order valence-corrected chi connectivity index (χ3v) is 2.70. The van der Waals surface area contributed by atoms with Crippen molar-refractivity contribution in [1.29, 1.82) is 0 Å². The number of hydrogen-bond donors (Lipinski definition) is 2. The lowest BCUT2D eigenvalue weighted by molar-refractivity contribution is -0.194. The predicted octanol–water partition coefficient (Wildman–Crippen LogP) is 3.70. The molecule has 6 nitrogen and oxygen atoms in total. The molecule has 0 aromatic heterocycles. The Balaban J connectivity index is 0. The van der Waals surface area contributed by atoms with Gasteiger partial charge < -0.3 is 9.84 Å². The molecule has 19 heavy (non-hydrogen) atoms. The van der Waals surface area contributed by atoms with Gasteiger partial charge in [0.05, 0.1) is 6.61 Å². The van der Waals surface area contributed by atoms with E-state index >= 15 is 0 Å². The third kappa shape index (κ3) is 16.7. The van der Waals surface area contributed by atoms with Gasteiger partial charge in [-0.15, -0.1) is 0 Å². The molecule has 6 heteroatoms. The zero-order valence-corrected chi connectivity index (χ0v) is 12.1. The number of hydrogen-bond acceptors (Lipinski definition) is 5. The maximum absolute atomic E-state index is 11.2. The highest BCUT2D eigenvalue weighted by molar-refractivity contribution is 5.69. The van der Waals surface area contributed by atoms with Crippen LogP contribution < -0.4 is 0 Å². The van der Waals surface area contributed by atoms with Gasteiger partial charge in [0.15, 0.2) is 0 Å². The third-order valence-electron chi connectivity index (χ3n) is 2.70. The topological polar surface area (TPSA) is 93.1 Å². The summed E-state index contributed by atoms with van der Waals surface area (Å²) in [5, 5.41) is 14.3. The van der Waals surface area contributed by atoms with Gasteiger partial charge in [-0.1, -0.05) is 46.5 Å². The Bertz CT molecular complexity index is 225. The average molecular weight is 278 g/mol. The van der Waals surface area contributed by atoms with Crippen LogP contribution in [-0.4, -0.2) is 29.1 Å². The van der Waals surface area contributed by atoms with Gasteiger partial charge in [-0.3, -0.25) is 9.68 Å². The molecule has 0 rings (SSSR count). The molecule has 0 bridgehead atoms. The van der Waals surface area contributed by atoms with Crippen LogP contribution in [0.25, 0.3) is 0 Å². The number of ether oxygens (including phenoxy) is 1. The molecule has 0 fully saturated rings. The molecule has 0 radical (unpaired) electrons. The van der Waals surface area contributed by atoms with Gasteiger partial charge in [0, 0.05) is 6.42 Å².